The number of halogens is 1. The Balaban J connectivity index is 0.000000719. The van der Waals surface area contributed by atoms with Gasteiger partial charge in [0.2, 0.25) is 5.52 Å². The van der Waals surface area contributed by atoms with E-state index in [0.717, 1.165) is 54.7 Å². The molecule has 0 saturated carbocycles. The van der Waals surface area contributed by atoms with Gasteiger partial charge in [0.1, 0.15) is 4.70 Å². The van der Waals surface area contributed by atoms with Gasteiger partial charge in [0.25, 0.3) is 15.1 Å². The first-order valence-corrected chi connectivity index (χ1v) is 20.0. The van der Waals surface area contributed by atoms with Gasteiger partial charge in [-0.15, -0.1) is 0 Å². The van der Waals surface area contributed by atoms with Crippen LogP contribution in [-0.4, -0.2) is 57.1 Å². The van der Waals surface area contributed by atoms with Crippen LogP contribution in [0.4, 0.5) is 5.69 Å². The van der Waals surface area contributed by atoms with E-state index >= 15 is 0 Å². The van der Waals surface area contributed by atoms with Crippen LogP contribution in [0.3, 0.4) is 0 Å². The number of fused-ring (bicyclic) bond motifs is 4. The summed E-state index contributed by atoms with van der Waals surface area (Å²) in [5.74, 6) is -0.825. The monoisotopic (exact) mass is 713 g/mol. The lowest BCUT2D eigenvalue weighted by Gasteiger charge is -2.20. The summed E-state index contributed by atoms with van der Waals surface area (Å²) in [5, 5.41) is 7.44. The molecule has 0 spiro atoms. The topological polar surface area (TPSA) is 131 Å². The van der Waals surface area contributed by atoms with Crippen molar-refractivity contribution in [2.75, 3.05) is 36.0 Å². The van der Waals surface area contributed by atoms with Crippen LogP contribution in [0.15, 0.2) is 64.5 Å². The summed E-state index contributed by atoms with van der Waals surface area (Å²) in [6.07, 6.45) is 2.38. The Bertz CT molecular complexity index is 1840. The Labute approximate surface area is 279 Å². The Hall–Kier alpha value is -2.23. The molecule has 45 heavy (non-hydrogen) atoms. The highest BCUT2D eigenvalue weighted by molar-refractivity contribution is 8.04. The SMILES string of the molecule is CC.CCNCC.O=S(=O)([O-])CCC[n+]1c(C=C2Sc3ccc(Cl)cc3N2CCCS(=O)(=O)O)sc2ccc3ccccc3c21. The van der Waals surface area contributed by atoms with Crippen LogP contribution in [0.1, 0.15) is 45.5 Å². The van der Waals surface area contributed by atoms with E-state index < -0.39 is 26.0 Å². The number of aryl methyl sites for hydroxylation is 1. The number of hydrogen-bond donors (Lipinski definition) is 2. The number of rotatable bonds is 11. The fourth-order valence-electron chi connectivity index (χ4n) is 4.78. The summed E-state index contributed by atoms with van der Waals surface area (Å²) in [6.45, 7) is 11.1. The van der Waals surface area contributed by atoms with Crippen LogP contribution in [0.25, 0.3) is 27.1 Å². The van der Waals surface area contributed by atoms with Crippen molar-refractivity contribution in [3.05, 3.63) is 69.7 Å². The summed E-state index contributed by atoms with van der Waals surface area (Å²) in [5.41, 5.74) is 1.81. The molecule has 1 aromatic heterocycles. The van der Waals surface area contributed by atoms with Crippen molar-refractivity contribution in [1.29, 1.82) is 0 Å². The van der Waals surface area contributed by atoms with Crippen LogP contribution in [0.2, 0.25) is 5.02 Å². The molecule has 4 aromatic rings. The lowest BCUT2D eigenvalue weighted by molar-refractivity contribution is -0.667. The summed E-state index contributed by atoms with van der Waals surface area (Å²) in [7, 11) is -8.45. The minimum absolute atomic E-state index is 0.169. The number of hydrogen-bond acceptors (Lipinski definition) is 9. The fourth-order valence-corrected chi connectivity index (χ4v) is 8.24. The third kappa shape index (κ3) is 10.6. The highest BCUT2D eigenvalue weighted by Gasteiger charge is 2.29. The van der Waals surface area contributed by atoms with Gasteiger partial charge in [-0.1, -0.05) is 86.7 Å². The molecule has 0 fully saturated rings. The molecular weight excluding hydrogens is 674 g/mol. The smallest absolute Gasteiger partial charge is 0.265 e. The Morgan fingerprint density at radius 2 is 1.71 bits per heavy atom. The number of nitrogens with one attached hydrogen (secondary N) is 1. The van der Waals surface area contributed by atoms with Gasteiger partial charge in [-0.2, -0.15) is 13.0 Å². The van der Waals surface area contributed by atoms with Crippen LogP contribution < -0.4 is 14.8 Å². The van der Waals surface area contributed by atoms with Crippen molar-refractivity contribution in [1.82, 2.24) is 5.32 Å². The second-order valence-electron chi connectivity index (χ2n) is 9.79. The maximum Gasteiger partial charge on any atom is 0.265 e. The van der Waals surface area contributed by atoms with Crippen LogP contribution >= 0.6 is 34.7 Å². The molecule has 246 valence electrons. The molecule has 0 atom stereocenters. The van der Waals surface area contributed by atoms with E-state index in [1.54, 1.807) is 17.4 Å². The normalized spacial score (nSPS) is 13.8. The summed E-state index contributed by atoms with van der Waals surface area (Å²) in [4.78, 5) is 2.94. The van der Waals surface area contributed by atoms with Gasteiger partial charge in [-0.05, 0) is 55.2 Å². The molecule has 1 aliphatic heterocycles. The second-order valence-corrected chi connectivity index (χ2v) is 15.4. The number of benzene rings is 3. The molecule has 5 rings (SSSR count). The molecule has 0 bridgehead atoms. The molecule has 0 unspecified atom stereocenters. The second kappa shape index (κ2) is 17.1. The van der Waals surface area contributed by atoms with Crippen LogP contribution in [0, 0.1) is 0 Å². The van der Waals surface area contributed by atoms with Crippen molar-refractivity contribution in [2.24, 2.45) is 0 Å². The summed E-state index contributed by atoms with van der Waals surface area (Å²) < 4.78 is 68.9. The van der Waals surface area contributed by atoms with Crippen molar-refractivity contribution in [2.45, 2.75) is 52.0 Å². The van der Waals surface area contributed by atoms with Crippen molar-refractivity contribution < 1.29 is 30.5 Å². The first-order chi connectivity index (χ1) is 21.4. The molecule has 2 N–H and O–H groups in total. The molecule has 2 heterocycles. The predicted octanol–water partition coefficient (Wildman–Crippen LogP) is 6.76. The number of aromatic nitrogens is 1. The molecule has 0 saturated heterocycles. The van der Waals surface area contributed by atoms with E-state index in [1.807, 2.05) is 77.9 Å². The lowest BCUT2D eigenvalue weighted by atomic mass is 10.1. The standard InChI is InChI=1S/C25H23ClN2O6S4.C4H11N.C2H6/c26-18-8-10-21-20(15-18)27(11-3-13-37(29,30)31)23(35-21)16-24-28(12-4-14-38(32,33)34)25-19-6-2-1-5-17(19)7-9-22(25)36-24;1-3-5-4-2;1-2/h1-2,5-10,15-16H,3-4,11-14H2,(H-,29,30,31,32,33,34);5H,3-4H2,1-2H3;1-2H3. The molecular formula is C31H40ClN3O6S4. The van der Waals surface area contributed by atoms with Gasteiger partial charge in [0.05, 0.1) is 38.0 Å². The van der Waals surface area contributed by atoms with Gasteiger partial charge in [0.15, 0.2) is 6.54 Å². The molecule has 9 nitrogen and oxygen atoms in total. The molecule has 1 aliphatic rings. The zero-order valence-electron chi connectivity index (χ0n) is 25.8. The first kappa shape index (κ1) is 37.2. The van der Waals surface area contributed by atoms with Crippen molar-refractivity contribution >= 4 is 87.7 Å². The number of thiazole rings is 1. The number of thioether (sulfide) groups is 1. The van der Waals surface area contributed by atoms with E-state index in [9.17, 15) is 25.9 Å². The quantitative estimate of drug-likeness (QED) is 0.128. The van der Waals surface area contributed by atoms with Gasteiger partial charge in [-0.25, -0.2) is 8.42 Å². The van der Waals surface area contributed by atoms with Gasteiger partial charge in [0, 0.05) is 28.6 Å². The Morgan fingerprint density at radius 1 is 1.00 bits per heavy atom. The molecule has 3 aromatic carbocycles. The van der Waals surface area contributed by atoms with E-state index in [4.69, 9.17) is 11.6 Å². The highest BCUT2D eigenvalue weighted by Crippen LogP contribution is 2.48. The zero-order chi connectivity index (χ0) is 33.2. The summed E-state index contributed by atoms with van der Waals surface area (Å²) >= 11 is 9.34. The average molecular weight is 714 g/mol. The Morgan fingerprint density at radius 3 is 2.36 bits per heavy atom. The number of nitrogens with zero attached hydrogens (tertiary/aromatic N) is 2. The Kier molecular flexibility index (Phi) is 14.1. The zero-order valence-corrected chi connectivity index (χ0v) is 29.8. The molecule has 0 radical (unpaired) electrons. The highest BCUT2D eigenvalue weighted by atomic mass is 35.5. The maximum atomic E-state index is 11.3. The van der Waals surface area contributed by atoms with E-state index in [-0.39, 0.29) is 18.6 Å². The van der Waals surface area contributed by atoms with E-state index in [0.29, 0.717) is 18.1 Å². The van der Waals surface area contributed by atoms with E-state index in [2.05, 4.69) is 19.2 Å². The maximum absolute atomic E-state index is 11.3. The third-order valence-corrected chi connectivity index (χ3v) is 10.7. The van der Waals surface area contributed by atoms with Gasteiger partial charge >= 0.3 is 0 Å². The molecule has 0 amide bonds. The average Bonchev–Trinajstić information content (AvgIpc) is 3.51. The third-order valence-electron chi connectivity index (χ3n) is 6.61. The fraction of sp³-hybridized carbons (Fsp3) is 0.387. The van der Waals surface area contributed by atoms with Gasteiger partial charge in [-0.3, -0.25) is 4.55 Å². The van der Waals surface area contributed by atoms with Crippen molar-refractivity contribution in [3.8, 4) is 0 Å². The number of anilines is 1. The largest absolute Gasteiger partial charge is 0.748 e. The molecule has 0 aliphatic carbocycles. The van der Waals surface area contributed by atoms with E-state index in [1.165, 1.54) is 11.8 Å². The minimum atomic E-state index is -4.35. The van der Waals surface area contributed by atoms with Crippen LogP contribution in [-0.2, 0) is 26.8 Å². The minimum Gasteiger partial charge on any atom is -0.748 e. The molecule has 14 heteroatoms. The first-order valence-electron chi connectivity index (χ1n) is 14.8. The summed E-state index contributed by atoms with van der Waals surface area (Å²) in [6, 6.07) is 17.5. The van der Waals surface area contributed by atoms with Crippen LogP contribution in [0.5, 0.6) is 0 Å². The predicted molar refractivity (Wildman–Crippen MR) is 188 cm³/mol. The lowest BCUT2D eigenvalue weighted by Crippen LogP contribution is -2.36. The van der Waals surface area contributed by atoms with Gasteiger partial charge < -0.3 is 14.8 Å². The van der Waals surface area contributed by atoms with Crippen molar-refractivity contribution in [3.63, 3.8) is 0 Å².